The first-order valence-electron chi connectivity index (χ1n) is 47.8. The molecule has 2 aromatic carbocycles. The van der Waals surface area contributed by atoms with Crippen LogP contribution < -0.4 is 0 Å². The van der Waals surface area contributed by atoms with Crippen LogP contribution in [0.3, 0.4) is 0 Å². The van der Waals surface area contributed by atoms with E-state index in [0.717, 1.165) is 206 Å². The van der Waals surface area contributed by atoms with E-state index in [4.69, 9.17) is 0 Å². The first-order chi connectivity index (χ1) is 63.1. The van der Waals surface area contributed by atoms with Gasteiger partial charge in [0.2, 0.25) is 0 Å². The van der Waals surface area contributed by atoms with Crippen molar-refractivity contribution in [1.29, 1.82) is 0 Å². The molecule has 6 saturated carbocycles. The molecule has 24 rings (SSSR count). The number of aliphatic hydroxyl groups excluding tert-OH is 4. The van der Waals surface area contributed by atoms with E-state index >= 15 is 0 Å². The first-order valence-corrected chi connectivity index (χ1v) is 47.8. The lowest BCUT2D eigenvalue weighted by atomic mass is 9.81. The Morgan fingerprint density at radius 1 is 0.287 bits per heavy atom. The lowest BCUT2D eigenvalue weighted by molar-refractivity contribution is -0.0841. The zero-order valence-electron chi connectivity index (χ0n) is 73.4. The summed E-state index contributed by atoms with van der Waals surface area (Å²) in [6.45, 7) is 0. The van der Waals surface area contributed by atoms with Crippen LogP contribution >= 0.6 is 0 Å². The number of rotatable bonds is 18. The smallest absolute Gasteiger partial charge is 0.253 e. The van der Waals surface area contributed by atoms with Crippen molar-refractivity contribution in [1.82, 2.24) is 97.2 Å². The molecule has 10 atom stereocenters. The first kappa shape index (κ1) is 87.8. The van der Waals surface area contributed by atoms with Gasteiger partial charge in [0, 0.05) is 114 Å². The van der Waals surface area contributed by atoms with Crippen molar-refractivity contribution >= 4 is 0 Å². The Hall–Kier alpha value is -10.5. The molecule has 0 bridgehead atoms. The van der Waals surface area contributed by atoms with Crippen LogP contribution in [-0.2, 0) is 0 Å². The fourth-order valence-corrected chi connectivity index (χ4v) is 23.7. The number of halogens is 5. The second-order valence-electron chi connectivity index (χ2n) is 38.2. The zero-order valence-corrected chi connectivity index (χ0v) is 73.4. The maximum Gasteiger partial charge on any atom is 0.253 e. The second-order valence-corrected chi connectivity index (χ2v) is 38.2. The van der Waals surface area contributed by atoms with Gasteiger partial charge in [-0.3, -0.25) is 0 Å². The summed E-state index contributed by atoms with van der Waals surface area (Å²) < 4.78 is 85.8. The average molecular weight is 1760 g/mol. The predicted molar refractivity (Wildman–Crippen MR) is 478 cm³/mol. The van der Waals surface area contributed by atoms with E-state index in [-0.39, 0.29) is 67.5 Å². The van der Waals surface area contributed by atoms with E-state index in [9.17, 15) is 42.4 Å². The van der Waals surface area contributed by atoms with Crippen LogP contribution in [0.2, 0.25) is 0 Å². The third-order valence-corrected chi connectivity index (χ3v) is 30.6. The van der Waals surface area contributed by atoms with Crippen LogP contribution in [0.4, 0.5) is 22.0 Å². The van der Waals surface area contributed by atoms with Gasteiger partial charge >= 0.3 is 0 Å². The number of hydrogen-bond donors (Lipinski definition) is 4. The fraction of sp³-hybridized carbons (Fsp3) is 0.540. The van der Waals surface area contributed by atoms with Gasteiger partial charge in [-0.1, -0.05) is 152 Å². The Balaban J connectivity index is 0.000000101. The van der Waals surface area contributed by atoms with E-state index in [2.05, 4.69) is 88.0 Å². The molecule has 10 unspecified atom stereocenters. The molecule has 24 nitrogen and oxygen atoms in total. The van der Waals surface area contributed by atoms with Crippen LogP contribution in [0.25, 0.3) is 67.5 Å². The standard InChI is InChI=1S/C18H19F3N2.C18H20F2N2.4C16H20N4O/c19-14-8-4-7-13-16-10-22-11-23(16)15(17(13)14)9-18(20,21)12-5-2-1-3-6-12;19-18(20,13-6-2-1-3-7-13)10-16-14-8-4-5-9-15(14)17-11-21-12-22(16)17;4*21-15(11-4-2-1-3-5-11)6-13-16-12(7-17-9-19-16)14-8-18-10-20(13)14/h4,7-8,10-12,15H,1-3,5-6,9H2;4-5,8-9,11-13,16H,1-3,6-7,10H2;4*7-11,13,15,21H,1-6H2. The molecule has 0 spiro atoms. The monoisotopic (exact) mass is 1760 g/mol. The number of aliphatic hydroxyl groups is 4. The molecule has 6 aliphatic heterocycles. The van der Waals surface area contributed by atoms with Gasteiger partial charge in [0.05, 0.1) is 193 Å². The summed E-state index contributed by atoms with van der Waals surface area (Å²) in [6.07, 6.45) is 69.3. The minimum Gasteiger partial charge on any atom is -0.393 e. The van der Waals surface area contributed by atoms with Gasteiger partial charge in [-0.05, 0) is 112 Å². The molecule has 129 heavy (non-hydrogen) atoms. The van der Waals surface area contributed by atoms with Crippen LogP contribution in [0.15, 0.2) is 168 Å². The molecule has 0 radical (unpaired) electrons. The molecule has 678 valence electrons. The van der Waals surface area contributed by atoms with Crippen molar-refractivity contribution in [2.24, 2.45) is 35.5 Å². The molecule has 12 aromatic rings. The molecule has 6 fully saturated rings. The van der Waals surface area contributed by atoms with E-state index < -0.39 is 35.5 Å². The Bertz CT molecular complexity index is 5260. The number of nitrogens with zero attached hydrogens (tertiary/aromatic N) is 20. The minimum absolute atomic E-state index is 0.0948. The Morgan fingerprint density at radius 3 is 0.876 bits per heavy atom. The lowest BCUT2D eigenvalue weighted by Crippen LogP contribution is -2.33. The topological polar surface area (TPSA) is 291 Å². The van der Waals surface area contributed by atoms with Crippen molar-refractivity contribution in [3.63, 3.8) is 0 Å². The molecule has 10 aromatic heterocycles. The third-order valence-electron chi connectivity index (χ3n) is 30.6. The van der Waals surface area contributed by atoms with Gasteiger partial charge in [0.15, 0.2) is 0 Å². The number of fused-ring (bicyclic) bond motifs is 18. The Labute approximate surface area is 749 Å². The van der Waals surface area contributed by atoms with E-state index in [0.29, 0.717) is 60.5 Å². The van der Waals surface area contributed by atoms with Crippen molar-refractivity contribution in [3.05, 3.63) is 207 Å². The van der Waals surface area contributed by atoms with Gasteiger partial charge in [-0.15, -0.1) is 0 Å². The maximum atomic E-state index is 14.8. The zero-order chi connectivity index (χ0) is 88.1. The van der Waals surface area contributed by atoms with E-state index in [1.165, 1.54) is 89.4 Å². The van der Waals surface area contributed by atoms with E-state index in [1.807, 2.05) is 104 Å². The maximum absolute atomic E-state index is 14.8. The number of aromatic nitrogens is 20. The van der Waals surface area contributed by atoms with Crippen molar-refractivity contribution in [3.8, 4) is 67.5 Å². The van der Waals surface area contributed by atoms with Gasteiger partial charge in [-0.25, -0.2) is 91.7 Å². The summed E-state index contributed by atoms with van der Waals surface area (Å²) in [7, 11) is 0. The molecular weight excluding hydrogens is 1640 g/mol. The van der Waals surface area contributed by atoms with Crippen LogP contribution in [0, 0.1) is 41.3 Å². The Kier molecular flexibility index (Phi) is 26.7. The molecule has 4 N–H and O–H groups in total. The molecule has 0 amide bonds. The van der Waals surface area contributed by atoms with Gasteiger partial charge in [-0.2, -0.15) is 0 Å². The van der Waals surface area contributed by atoms with Crippen LogP contribution in [0.1, 0.15) is 301 Å². The largest absolute Gasteiger partial charge is 0.393 e. The highest BCUT2D eigenvalue weighted by Crippen LogP contribution is 2.53. The molecule has 0 saturated heterocycles. The summed E-state index contributed by atoms with van der Waals surface area (Å²) >= 11 is 0. The second kappa shape index (κ2) is 39.3. The number of alkyl halides is 4. The summed E-state index contributed by atoms with van der Waals surface area (Å²) in [5, 5.41) is 42.6. The number of hydrogen-bond acceptors (Lipinski definition) is 18. The fourth-order valence-electron chi connectivity index (χ4n) is 23.7. The highest BCUT2D eigenvalue weighted by molar-refractivity contribution is 5.72. The normalized spacial score (nSPS) is 22.3. The highest BCUT2D eigenvalue weighted by Gasteiger charge is 2.48. The summed E-state index contributed by atoms with van der Waals surface area (Å²) in [4.78, 5) is 59.5. The molecule has 29 heteroatoms. The van der Waals surface area contributed by atoms with Gasteiger partial charge < -0.3 is 47.8 Å². The predicted octanol–water partition coefficient (Wildman–Crippen LogP) is 20.6. The lowest BCUT2D eigenvalue weighted by Gasteiger charge is -2.32. The van der Waals surface area contributed by atoms with Crippen molar-refractivity contribution in [2.45, 2.75) is 304 Å². The minimum atomic E-state index is -2.78. The SMILES string of the molecule is FC(F)(CC1c2ccccc2-c2cncn21)C1CCCCC1.Fc1cccc2c1C(CC(F)(F)C1CCCCC1)n1cncc1-2.OC(CC1c2ncncc2-c2cncn21)C1CCCCC1.OC(CC1c2ncncc2-c2cncn21)C1CCCCC1.OC(CC1c2ncncc2-c2cncn21)C1CCCCC1.OC(CC1c2ncncc2-c2cncn21)C1CCCCC1. The average Bonchev–Trinajstić information content (AvgIpc) is 1.59. The third kappa shape index (κ3) is 18.3. The quantitative estimate of drug-likeness (QED) is 0.0581. The highest BCUT2D eigenvalue weighted by atomic mass is 19.3. The molecule has 16 heterocycles. The molecule has 12 aliphatic rings. The number of imidazole rings is 6. The van der Waals surface area contributed by atoms with Crippen molar-refractivity contribution in [2.75, 3.05) is 0 Å². The van der Waals surface area contributed by atoms with Gasteiger partial charge in [0.25, 0.3) is 11.8 Å². The Morgan fingerprint density at radius 2 is 0.550 bits per heavy atom. The summed E-state index contributed by atoms with van der Waals surface area (Å²) in [5.74, 6) is -5.07. The number of benzene rings is 2. The van der Waals surface area contributed by atoms with Crippen LogP contribution in [-0.4, -0.2) is 154 Å². The molecule has 6 aliphatic carbocycles. The molecular formula is C100H119F5N20O4. The van der Waals surface area contributed by atoms with E-state index in [1.54, 1.807) is 60.7 Å². The summed E-state index contributed by atoms with van der Waals surface area (Å²) in [5.41, 5.74) is 17.4. The van der Waals surface area contributed by atoms with Crippen LogP contribution in [0.5, 0.6) is 0 Å². The van der Waals surface area contributed by atoms with Gasteiger partial charge in [0.1, 0.15) is 31.1 Å². The summed E-state index contributed by atoms with van der Waals surface area (Å²) in [6, 6.07) is 12.0. The van der Waals surface area contributed by atoms with Crippen molar-refractivity contribution < 1.29 is 42.4 Å².